The van der Waals surface area contributed by atoms with Gasteiger partial charge in [0.15, 0.2) is 0 Å². The van der Waals surface area contributed by atoms with Crippen molar-refractivity contribution in [1.29, 1.82) is 0 Å². The Balaban J connectivity index is 2.40. The third-order valence-corrected chi connectivity index (χ3v) is 5.45. The lowest BCUT2D eigenvalue weighted by Crippen LogP contribution is -2.24. The molecule has 2 aromatic carbocycles. The van der Waals surface area contributed by atoms with E-state index < -0.39 is 10.1 Å². The van der Waals surface area contributed by atoms with Crippen LogP contribution >= 0.6 is 0 Å². The van der Waals surface area contributed by atoms with Crippen LogP contribution in [0.2, 0.25) is 0 Å². The lowest BCUT2D eigenvalue weighted by Gasteiger charge is -2.33. The molecule has 0 aliphatic rings. The first-order valence-electron chi connectivity index (χ1n) is 9.02. The van der Waals surface area contributed by atoms with Crippen molar-refractivity contribution < 1.29 is 18.1 Å². The molecule has 0 saturated heterocycles. The summed E-state index contributed by atoms with van der Waals surface area (Å²) in [5.74, 6) is -0.0128. The van der Waals surface area contributed by atoms with Gasteiger partial charge in [-0.25, -0.2) is 0 Å². The van der Waals surface area contributed by atoms with Gasteiger partial charge in [-0.1, -0.05) is 46.8 Å². The molecule has 152 valence electrons. The SMILES string of the molecule is Cc1ccc(N=Nc2cc(C(C)(C)CC(C)(C)C)ccc2O)cc1S(=O)(=O)O. The number of nitrogens with zero attached hydrogens (tertiary/aromatic N) is 2. The Labute approximate surface area is 167 Å². The van der Waals surface area contributed by atoms with Crippen molar-refractivity contribution in [2.24, 2.45) is 15.6 Å². The highest BCUT2D eigenvalue weighted by Gasteiger charge is 2.27. The van der Waals surface area contributed by atoms with Crippen molar-refractivity contribution in [3.8, 4) is 5.75 Å². The van der Waals surface area contributed by atoms with Crippen LogP contribution in [0, 0.1) is 12.3 Å². The molecule has 6 nitrogen and oxygen atoms in total. The van der Waals surface area contributed by atoms with Crippen molar-refractivity contribution in [2.75, 3.05) is 0 Å². The van der Waals surface area contributed by atoms with E-state index in [1.54, 1.807) is 31.2 Å². The van der Waals surface area contributed by atoms with Gasteiger partial charge in [-0.2, -0.15) is 13.5 Å². The summed E-state index contributed by atoms with van der Waals surface area (Å²) >= 11 is 0. The van der Waals surface area contributed by atoms with E-state index in [1.807, 2.05) is 6.07 Å². The smallest absolute Gasteiger partial charge is 0.294 e. The molecule has 0 aromatic heterocycles. The number of benzene rings is 2. The van der Waals surface area contributed by atoms with Crippen LogP contribution in [0.5, 0.6) is 5.75 Å². The molecule has 0 bridgehead atoms. The van der Waals surface area contributed by atoms with Crippen molar-refractivity contribution >= 4 is 21.5 Å². The van der Waals surface area contributed by atoms with Gasteiger partial charge in [0, 0.05) is 0 Å². The summed E-state index contributed by atoms with van der Waals surface area (Å²) < 4.78 is 32.2. The van der Waals surface area contributed by atoms with Gasteiger partial charge in [0.05, 0.1) is 10.6 Å². The molecule has 0 atom stereocenters. The molecule has 2 aromatic rings. The van der Waals surface area contributed by atoms with Crippen LogP contribution in [0.15, 0.2) is 51.5 Å². The minimum absolute atomic E-state index is 0.0128. The van der Waals surface area contributed by atoms with Crippen LogP contribution in [-0.2, 0) is 15.5 Å². The van der Waals surface area contributed by atoms with Gasteiger partial charge in [-0.3, -0.25) is 4.55 Å². The largest absolute Gasteiger partial charge is 0.506 e. The standard InChI is InChI=1S/C21H28N2O4S/c1-14-7-9-16(12-19(14)28(25,26)27)22-23-17-11-15(8-10-18(17)24)21(5,6)13-20(2,3)4/h7-12,24H,13H2,1-6H3,(H,25,26,27). The van der Waals surface area contributed by atoms with E-state index in [9.17, 15) is 18.1 Å². The molecule has 0 unspecified atom stereocenters. The first-order chi connectivity index (χ1) is 12.7. The summed E-state index contributed by atoms with van der Waals surface area (Å²) in [5.41, 5.74) is 2.01. The zero-order chi connectivity index (χ0) is 21.3. The normalized spacial score (nSPS) is 13.2. The van der Waals surface area contributed by atoms with Gasteiger partial charge in [0.2, 0.25) is 0 Å². The van der Waals surface area contributed by atoms with E-state index in [0.29, 0.717) is 11.3 Å². The summed E-state index contributed by atoms with van der Waals surface area (Å²) in [6, 6.07) is 9.65. The number of azo groups is 1. The number of aromatic hydroxyl groups is 1. The maximum absolute atomic E-state index is 11.4. The third-order valence-electron chi connectivity index (χ3n) is 4.45. The molecule has 0 heterocycles. The highest BCUT2D eigenvalue weighted by atomic mass is 32.2. The Morgan fingerprint density at radius 3 is 2.18 bits per heavy atom. The number of phenols is 1. The van der Waals surface area contributed by atoms with E-state index >= 15 is 0 Å². The third kappa shape index (κ3) is 5.62. The van der Waals surface area contributed by atoms with Crippen molar-refractivity contribution in [1.82, 2.24) is 0 Å². The van der Waals surface area contributed by atoms with Crippen LogP contribution in [0.1, 0.15) is 52.2 Å². The number of aryl methyl sites for hydroxylation is 1. The molecule has 0 aliphatic heterocycles. The highest BCUT2D eigenvalue weighted by Crippen LogP contribution is 2.39. The summed E-state index contributed by atoms with van der Waals surface area (Å²) in [4.78, 5) is -0.215. The average Bonchev–Trinajstić information content (AvgIpc) is 2.51. The van der Waals surface area contributed by atoms with Crippen LogP contribution in [0.3, 0.4) is 0 Å². The fraction of sp³-hybridized carbons (Fsp3) is 0.429. The molecule has 2 N–H and O–H groups in total. The van der Waals surface area contributed by atoms with E-state index in [4.69, 9.17) is 0 Å². The van der Waals surface area contributed by atoms with Crippen LogP contribution in [-0.4, -0.2) is 18.1 Å². The summed E-state index contributed by atoms with van der Waals surface area (Å²) in [6.07, 6.45) is 0.942. The second kappa shape index (κ2) is 7.64. The zero-order valence-corrected chi connectivity index (χ0v) is 18.0. The predicted octanol–water partition coefficient (Wildman–Crippen LogP) is 6.08. The van der Waals surface area contributed by atoms with Gasteiger partial charge >= 0.3 is 0 Å². The maximum atomic E-state index is 11.4. The van der Waals surface area contributed by atoms with Gasteiger partial charge in [0.1, 0.15) is 11.4 Å². The summed E-state index contributed by atoms with van der Waals surface area (Å²) in [7, 11) is -4.34. The second-order valence-electron chi connectivity index (χ2n) is 8.95. The van der Waals surface area contributed by atoms with Crippen molar-refractivity contribution in [3.63, 3.8) is 0 Å². The van der Waals surface area contributed by atoms with E-state index in [-0.39, 0.29) is 27.2 Å². The molecule has 7 heteroatoms. The first kappa shape index (κ1) is 22.0. The molecule has 0 radical (unpaired) electrons. The molecular weight excluding hydrogens is 376 g/mol. The fourth-order valence-corrected chi connectivity index (χ4v) is 4.24. The van der Waals surface area contributed by atoms with E-state index in [1.165, 1.54) is 6.07 Å². The predicted molar refractivity (Wildman–Crippen MR) is 110 cm³/mol. The van der Waals surface area contributed by atoms with Crippen molar-refractivity contribution in [2.45, 2.75) is 58.3 Å². The van der Waals surface area contributed by atoms with Gasteiger partial charge in [0.25, 0.3) is 10.1 Å². The topological polar surface area (TPSA) is 99.3 Å². The molecule has 0 amide bonds. The molecule has 2 rings (SSSR count). The number of hydrogen-bond donors (Lipinski definition) is 2. The molecular formula is C21H28N2O4S. The minimum atomic E-state index is -4.34. The van der Waals surface area contributed by atoms with Gasteiger partial charge in [-0.05, 0) is 59.6 Å². The molecule has 0 aliphatic carbocycles. The molecule has 0 fully saturated rings. The van der Waals surface area contributed by atoms with Gasteiger partial charge < -0.3 is 5.11 Å². The van der Waals surface area contributed by atoms with Crippen molar-refractivity contribution in [3.05, 3.63) is 47.5 Å². The summed E-state index contributed by atoms with van der Waals surface area (Å²) in [5, 5.41) is 18.3. The van der Waals surface area contributed by atoms with E-state index in [2.05, 4.69) is 44.8 Å². The first-order valence-corrected chi connectivity index (χ1v) is 10.5. The maximum Gasteiger partial charge on any atom is 0.294 e. The number of rotatable bonds is 5. The lowest BCUT2D eigenvalue weighted by molar-refractivity contribution is 0.284. The Kier molecular flexibility index (Phi) is 6.01. The zero-order valence-electron chi connectivity index (χ0n) is 17.2. The second-order valence-corrected chi connectivity index (χ2v) is 10.3. The molecule has 28 heavy (non-hydrogen) atoms. The van der Waals surface area contributed by atoms with Gasteiger partial charge in [-0.15, -0.1) is 5.11 Å². The number of phenolic OH excluding ortho intramolecular Hbond substituents is 1. The van der Waals surface area contributed by atoms with Crippen LogP contribution in [0.25, 0.3) is 0 Å². The molecule has 0 spiro atoms. The van der Waals surface area contributed by atoms with E-state index in [0.717, 1.165) is 12.0 Å². The fourth-order valence-electron chi connectivity index (χ4n) is 3.49. The Morgan fingerprint density at radius 2 is 1.61 bits per heavy atom. The monoisotopic (exact) mass is 404 g/mol. The molecule has 0 saturated carbocycles. The number of hydrogen-bond acceptors (Lipinski definition) is 5. The summed E-state index contributed by atoms with van der Waals surface area (Å²) in [6.45, 7) is 12.4. The lowest BCUT2D eigenvalue weighted by atomic mass is 9.72. The Morgan fingerprint density at radius 1 is 0.964 bits per heavy atom. The minimum Gasteiger partial charge on any atom is -0.506 e. The quantitative estimate of drug-likeness (QED) is 0.466. The van der Waals surface area contributed by atoms with Crippen LogP contribution < -0.4 is 0 Å². The highest BCUT2D eigenvalue weighted by molar-refractivity contribution is 7.85. The Hall–Kier alpha value is -2.25. The van der Waals surface area contributed by atoms with Crippen LogP contribution in [0.4, 0.5) is 11.4 Å². The Bertz CT molecular complexity index is 1000. The average molecular weight is 405 g/mol.